The van der Waals surface area contributed by atoms with Gasteiger partial charge in [-0.05, 0) is 0 Å². The fourth-order valence-electron chi connectivity index (χ4n) is 0.447. The number of ether oxygens (including phenoxy) is 2. The van der Waals surface area contributed by atoms with Gasteiger partial charge in [0.15, 0.2) is 0 Å². The Morgan fingerprint density at radius 3 is 2.08 bits per heavy atom. The van der Waals surface area contributed by atoms with Crippen LogP contribution in [0.25, 0.3) is 0 Å². The number of rotatable bonds is 3. The fraction of sp³-hybridized carbons (Fsp3) is 0.500. The Morgan fingerprint density at radius 1 is 1.17 bits per heavy atom. The monoisotopic (exact) mass is 194 g/mol. The Kier molecular flexibility index (Phi) is 5.03. The van der Waals surface area contributed by atoms with E-state index in [0.717, 1.165) is 0 Å². The van der Waals surface area contributed by atoms with Crippen molar-refractivity contribution in [2.75, 3.05) is 7.11 Å². The Balaban J connectivity index is 3.57. The van der Waals surface area contributed by atoms with Crippen LogP contribution in [-0.4, -0.2) is 24.5 Å². The highest BCUT2D eigenvalue weighted by molar-refractivity contribution is 6.61. The number of esters is 2. The molecule has 0 aromatic carbocycles. The summed E-state index contributed by atoms with van der Waals surface area (Å²) in [5.41, 5.74) is -1.20. The van der Waals surface area contributed by atoms with Gasteiger partial charge in [-0.15, -0.1) is 0 Å². The second-order valence-electron chi connectivity index (χ2n) is 1.79. The van der Waals surface area contributed by atoms with Gasteiger partial charge in [0.05, 0.1) is 20.0 Å². The quantitative estimate of drug-likeness (QED) is 0.378. The molecule has 0 aromatic heterocycles. The number of hydrogen-bond donors (Lipinski definition) is 0. The van der Waals surface area contributed by atoms with Crippen LogP contribution in [0, 0.1) is 0 Å². The molecule has 0 N–H and O–H groups in total. The lowest BCUT2D eigenvalue weighted by Crippen LogP contribution is -2.09. The number of hydrogen-bond acceptors (Lipinski definition) is 5. The number of carbonyl (C=O) groups is 3. The molecular weight excluding hydrogens is 188 g/mol. The molecule has 68 valence electrons. The molecule has 0 fully saturated rings. The van der Waals surface area contributed by atoms with E-state index in [9.17, 15) is 14.4 Å². The van der Waals surface area contributed by atoms with Crippen molar-refractivity contribution < 1.29 is 23.9 Å². The molecule has 0 radical (unpaired) electrons. The average Bonchev–Trinajstić information content (AvgIpc) is 1.99. The Labute approximate surface area is 73.6 Å². The third-order valence-corrected chi connectivity index (χ3v) is 1.03. The molecule has 12 heavy (non-hydrogen) atoms. The highest BCUT2D eigenvalue weighted by Gasteiger charge is 2.10. The first-order valence-corrected chi connectivity index (χ1v) is 3.41. The fourth-order valence-corrected chi connectivity index (χ4v) is 0.533. The summed E-state index contributed by atoms with van der Waals surface area (Å²) in [6.45, 7) is 0. The molecule has 0 aliphatic carbocycles. The molecule has 0 saturated carbocycles. The normalized spacial score (nSPS) is 8.83. The molecule has 0 aliphatic rings. The van der Waals surface area contributed by atoms with E-state index in [1.807, 2.05) is 0 Å². The zero-order valence-electron chi connectivity index (χ0n) is 6.33. The maximum Gasteiger partial charge on any atom is 0.411 e. The number of carbonyl (C=O) groups excluding carboxylic acids is 3. The highest BCUT2D eigenvalue weighted by atomic mass is 35.5. The van der Waals surface area contributed by atoms with Crippen molar-refractivity contribution >= 4 is 29.0 Å². The van der Waals surface area contributed by atoms with Crippen molar-refractivity contribution in [2.45, 2.75) is 12.8 Å². The van der Waals surface area contributed by atoms with Crippen LogP contribution in [0.1, 0.15) is 12.8 Å². The van der Waals surface area contributed by atoms with E-state index in [0.29, 0.717) is 0 Å². The van der Waals surface area contributed by atoms with Crippen LogP contribution in [-0.2, 0) is 19.1 Å². The van der Waals surface area contributed by atoms with Crippen molar-refractivity contribution in [3.63, 3.8) is 0 Å². The van der Waals surface area contributed by atoms with Gasteiger partial charge in [-0.25, -0.2) is 4.79 Å². The van der Waals surface area contributed by atoms with E-state index < -0.39 is 17.4 Å². The van der Waals surface area contributed by atoms with Crippen LogP contribution in [0.5, 0.6) is 0 Å². The maximum absolute atomic E-state index is 10.5. The lowest BCUT2D eigenvalue weighted by Gasteiger charge is -1.97. The summed E-state index contributed by atoms with van der Waals surface area (Å²) in [5, 5.41) is 0. The molecule has 6 heteroatoms. The summed E-state index contributed by atoms with van der Waals surface area (Å²) in [6, 6.07) is 0. The molecule has 0 saturated heterocycles. The van der Waals surface area contributed by atoms with Crippen molar-refractivity contribution in [3.8, 4) is 0 Å². The van der Waals surface area contributed by atoms with Gasteiger partial charge in [0, 0.05) is 11.6 Å². The zero-order chi connectivity index (χ0) is 9.56. The molecule has 0 unspecified atom stereocenters. The first-order chi connectivity index (χ1) is 5.56. The highest BCUT2D eigenvalue weighted by Crippen LogP contribution is 1.97. The van der Waals surface area contributed by atoms with Crippen LogP contribution >= 0.6 is 11.6 Å². The van der Waals surface area contributed by atoms with Crippen LogP contribution in [0.3, 0.4) is 0 Å². The molecule has 0 aliphatic heterocycles. The second-order valence-corrected chi connectivity index (χ2v) is 2.10. The zero-order valence-corrected chi connectivity index (χ0v) is 7.09. The SMILES string of the molecule is COC(=O)CCC(=O)OC(=O)Cl. The average molecular weight is 195 g/mol. The second kappa shape index (κ2) is 5.54. The van der Waals surface area contributed by atoms with Gasteiger partial charge in [-0.2, -0.15) is 0 Å². The minimum Gasteiger partial charge on any atom is -0.469 e. The molecule has 0 spiro atoms. The third kappa shape index (κ3) is 5.67. The molecular formula is C6H7ClO5. The van der Waals surface area contributed by atoms with E-state index >= 15 is 0 Å². The Hall–Kier alpha value is -1.10. The van der Waals surface area contributed by atoms with Crippen molar-refractivity contribution in [1.29, 1.82) is 0 Å². The summed E-state index contributed by atoms with van der Waals surface area (Å²) in [6.07, 6.45) is -0.343. The van der Waals surface area contributed by atoms with Gasteiger partial charge in [0.1, 0.15) is 0 Å². The van der Waals surface area contributed by atoms with E-state index in [2.05, 4.69) is 9.47 Å². The Bertz CT molecular complexity index is 200. The standard InChI is InChI=1S/C6H7ClO5/c1-11-4(8)2-3-5(9)12-6(7)10/h2-3H2,1H3. The van der Waals surface area contributed by atoms with Gasteiger partial charge in [-0.3, -0.25) is 9.59 Å². The van der Waals surface area contributed by atoms with Gasteiger partial charge in [0.25, 0.3) is 0 Å². The summed E-state index contributed by atoms with van der Waals surface area (Å²) in [5.74, 6) is -1.39. The van der Waals surface area contributed by atoms with Crippen LogP contribution in [0.4, 0.5) is 4.79 Å². The van der Waals surface area contributed by atoms with Gasteiger partial charge < -0.3 is 9.47 Å². The van der Waals surface area contributed by atoms with Crippen molar-refractivity contribution in [2.24, 2.45) is 0 Å². The first-order valence-electron chi connectivity index (χ1n) is 3.03. The molecule has 0 heterocycles. The summed E-state index contributed by atoms with van der Waals surface area (Å²) in [7, 11) is 1.19. The molecule has 0 rings (SSSR count). The minimum absolute atomic E-state index is 0.125. The summed E-state index contributed by atoms with van der Waals surface area (Å²) < 4.78 is 8.17. The molecule has 0 amide bonds. The smallest absolute Gasteiger partial charge is 0.411 e. The van der Waals surface area contributed by atoms with Crippen LogP contribution < -0.4 is 0 Å². The Morgan fingerprint density at radius 2 is 1.67 bits per heavy atom. The lowest BCUT2D eigenvalue weighted by atomic mass is 10.3. The maximum atomic E-state index is 10.5. The van der Waals surface area contributed by atoms with Crippen molar-refractivity contribution in [1.82, 2.24) is 0 Å². The summed E-state index contributed by atoms with van der Waals surface area (Å²) >= 11 is 4.72. The first kappa shape index (κ1) is 10.9. The van der Waals surface area contributed by atoms with Gasteiger partial charge in [-0.1, -0.05) is 0 Å². The lowest BCUT2D eigenvalue weighted by molar-refractivity contribution is -0.145. The van der Waals surface area contributed by atoms with E-state index in [1.165, 1.54) is 7.11 Å². The summed E-state index contributed by atoms with van der Waals surface area (Å²) in [4.78, 5) is 31.0. The predicted molar refractivity (Wildman–Crippen MR) is 38.6 cm³/mol. The minimum atomic E-state index is -1.20. The van der Waals surface area contributed by atoms with Crippen LogP contribution in [0.15, 0.2) is 0 Å². The molecule has 0 bridgehead atoms. The number of halogens is 1. The number of methoxy groups -OCH3 is 1. The topological polar surface area (TPSA) is 69.7 Å². The van der Waals surface area contributed by atoms with E-state index in [4.69, 9.17) is 11.6 Å². The van der Waals surface area contributed by atoms with Gasteiger partial charge in [0.2, 0.25) is 0 Å². The molecule has 5 nitrogen and oxygen atoms in total. The predicted octanol–water partition coefficient (Wildman–Crippen LogP) is 0.842. The van der Waals surface area contributed by atoms with E-state index in [1.54, 1.807) is 0 Å². The molecule has 0 atom stereocenters. The van der Waals surface area contributed by atoms with Crippen molar-refractivity contribution in [3.05, 3.63) is 0 Å². The largest absolute Gasteiger partial charge is 0.469 e. The van der Waals surface area contributed by atoms with Crippen LogP contribution in [0.2, 0.25) is 0 Å². The van der Waals surface area contributed by atoms with Gasteiger partial charge >= 0.3 is 17.4 Å². The molecule has 0 aromatic rings. The van der Waals surface area contributed by atoms with E-state index in [-0.39, 0.29) is 12.8 Å². The third-order valence-electron chi connectivity index (χ3n) is 0.955.